The van der Waals surface area contributed by atoms with Gasteiger partial charge >= 0.3 is 5.97 Å². The molecule has 0 radical (unpaired) electrons. The van der Waals surface area contributed by atoms with Crippen LogP contribution in [0, 0.1) is 0 Å². The zero-order chi connectivity index (χ0) is 22.1. The maximum Gasteiger partial charge on any atom is 0.306 e. The summed E-state index contributed by atoms with van der Waals surface area (Å²) in [6, 6.07) is 12.4. The fourth-order valence-corrected chi connectivity index (χ4v) is 2.88. The van der Waals surface area contributed by atoms with E-state index in [2.05, 4.69) is 5.32 Å². The molecule has 0 saturated carbocycles. The average molecular weight is 436 g/mol. The van der Waals surface area contributed by atoms with E-state index in [1.165, 1.54) is 31.2 Å². The number of nitrogens with one attached hydrogen (secondary N) is 1. The Kier molecular flexibility index (Phi) is 8.19. The average Bonchev–Trinajstić information content (AvgIpc) is 2.71. The monoisotopic (exact) mass is 436 g/mol. The van der Waals surface area contributed by atoms with E-state index in [0.29, 0.717) is 24.5 Å². The number of rotatable bonds is 10. The van der Waals surface area contributed by atoms with E-state index in [4.69, 9.17) is 19.3 Å². The summed E-state index contributed by atoms with van der Waals surface area (Å²) in [6.07, 6.45) is -0.497. The van der Waals surface area contributed by atoms with Crippen LogP contribution in [0.5, 0.6) is 11.5 Å². The van der Waals surface area contributed by atoms with Crippen molar-refractivity contribution in [2.75, 3.05) is 19.0 Å². The Balaban J connectivity index is 1.71. The minimum Gasteiger partial charge on any atom is -0.497 e. The summed E-state index contributed by atoms with van der Waals surface area (Å²) in [4.78, 5) is 24.0. The Bertz CT molecular complexity index is 958. The lowest BCUT2D eigenvalue weighted by Crippen LogP contribution is -2.30. The summed E-state index contributed by atoms with van der Waals surface area (Å²) in [5.41, 5.74) is 0.350. The Morgan fingerprint density at radius 1 is 1.03 bits per heavy atom. The van der Waals surface area contributed by atoms with E-state index < -0.39 is 28.0 Å². The highest BCUT2D eigenvalue weighted by Gasteiger charge is 2.18. The Hall–Kier alpha value is -3.11. The first kappa shape index (κ1) is 23.2. The largest absolute Gasteiger partial charge is 0.497 e. The highest BCUT2D eigenvalue weighted by atomic mass is 32.2. The molecular weight excluding hydrogens is 412 g/mol. The molecule has 0 aromatic heterocycles. The predicted octanol–water partition coefficient (Wildman–Crippen LogP) is 2.07. The molecule has 0 aliphatic rings. The highest BCUT2D eigenvalue weighted by molar-refractivity contribution is 7.89. The number of esters is 1. The molecule has 10 heteroatoms. The molecule has 9 nitrogen and oxygen atoms in total. The summed E-state index contributed by atoms with van der Waals surface area (Å²) < 4.78 is 38.2. The molecule has 0 heterocycles. The van der Waals surface area contributed by atoms with Gasteiger partial charge in [-0.2, -0.15) is 0 Å². The number of anilines is 1. The first-order valence-electron chi connectivity index (χ1n) is 9.09. The zero-order valence-electron chi connectivity index (χ0n) is 16.7. The molecule has 0 aliphatic heterocycles. The standard InChI is InChI=1S/C20H24N2O7S/c1-14(20(24)22-15-5-11-18(12-6-15)30(21,25)26)29-19(23)4-3-13-28-17-9-7-16(27-2)8-10-17/h5-12,14H,3-4,13H2,1-2H3,(H,22,24)(H2,21,25,26)/t14-/m0/s1. The van der Waals surface area contributed by atoms with Gasteiger partial charge in [0.25, 0.3) is 5.91 Å². The van der Waals surface area contributed by atoms with Crippen LogP contribution in [-0.2, 0) is 24.3 Å². The van der Waals surface area contributed by atoms with Crippen LogP contribution in [0.3, 0.4) is 0 Å². The molecule has 162 valence electrons. The van der Waals surface area contributed by atoms with Crippen molar-refractivity contribution in [1.29, 1.82) is 0 Å². The van der Waals surface area contributed by atoms with Gasteiger partial charge in [-0.05, 0) is 61.9 Å². The van der Waals surface area contributed by atoms with Crippen molar-refractivity contribution in [1.82, 2.24) is 0 Å². The molecule has 2 aromatic carbocycles. The molecule has 0 unspecified atom stereocenters. The van der Waals surface area contributed by atoms with Gasteiger partial charge in [0.05, 0.1) is 18.6 Å². The van der Waals surface area contributed by atoms with Crippen LogP contribution >= 0.6 is 0 Å². The third kappa shape index (κ3) is 7.37. The van der Waals surface area contributed by atoms with E-state index in [-0.39, 0.29) is 11.3 Å². The number of methoxy groups -OCH3 is 1. The number of nitrogens with two attached hydrogens (primary N) is 1. The van der Waals surface area contributed by atoms with E-state index in [1.807, 2.05) is 0 Å². The summed E-state index contributed by atoms with van der Waals surface area (Å²) >= 11 is 0. The van der Waals surface area contributed by atoms with Crippen LogP contribution < -0.4 is 19.9 Å². The molecule has 3 N–H and O–H groups in total. The normalized spacial score (nSPS) is 12.0. The van der Waals surface area contributed by atoms with Crippen molar-refractivity contribution >= 4 is 27.6 Å². The molecule has 0 fully saturated rings. The SMILES string of the molecule is COc1ccc(OCCCC(=O)O[C@@H](C)C(=O)Nc2ccc(S(N)(=O)=O)cc2)cc1. The van der Waals surface area contributed by atoms with Crippen LogP contribution in [-0.4, -0.2) is 40.1 Å². The Morgan fingerprint density at radius 3 is 2.20 bits per heavy atom. The van der Waals surface area contributed by atoms with Crippen LogP contribution in [0.15, 0.2) is 53.4 Å². The smallest absolute Gasteiger partial charge is 0.306 e. The van der Waals surface area contributed by atoms with Gasteiger partial charge < -0.3 is 19.5 Å². The van der Waals surface area contributed by atoms with Crippen molar-refractivity contribution in [2.45, 2.75) is 30.8 Å². The van der Waals surface area contributed by atoms with Gasteiger partial charge in [-0.1, -0.05) is 0 Å². The molecule has 1 amide bonds. The lowest BCUT2D eigenvalue weighted by Gasteiger charge is -2.14. The fourth-order valence-electron chi connectivity index (χ4n) is 2.36. The number of hydrogen-bond donors (Lipinski definition) is 2. The van der Waals surface area contributed by atoms with Crippen molar-refractivity contribution in [3.63, 3.8) is 0 Å². The molecule has 30 heavy (non-hydrogen) atoms. The topological polar surface area (TPSA) is 134 Å². The zero-order valence-corrected chi connectivity index (χ0v) is 17.5. The van der Waals surface area contributed by atoms with Gasteiger partial charge in [-0.15, -0.1) is 0 Å². The summed E-state index contributed by atoms with van der Waals surface area (Å²) in [7, 11) is -2.23. The van der Waals surface area contributed by atoms with Gasteiger partial charge in [-0.3, -0.25) is 9.59 Å². The Labute approximate surface area is 175 Å². The van der Waals surface area contributed by atoms with Gasteiger partial charge in [-0.25, -0.2) is 13.6 Å². The summed E-state index contributed by atoms with van der Waals surface area (Å²) in [5.74, 6) is 0.311. The van der Waals surface area contributed by atoms with E-state index in [1.54, 1.807) is 31.4 Å². The quantitative estimate of drug-likeness (QED) is 0.430. The summed E-state index contributed by atoms with van der Waals surface area (Å²) in [6.45, 7) is 1.76. The first-order chi connectivity index (χ1) is 14.2. The molecule has 2 rings (SSSR count). The molecule has 0 aliphatic carbocycles. The number of ether oxygens (including phenoxy) is 3. The van der Waals surface area contributed by atoms with Crippen LogP contribution in [0.2, 0.25) is 0 Å². The molecule has 2 aromatic rings. The molecule has 0 bridgehead atoms. The van der Waals surface area contributed by atoms with E-state index >= 15 is 0 Å². The maximum absolute atomic E-state index is 12.1. The fraction of sp³-hybridized carbons (Fsp3) is 0.300. The number of amides is 1. The van der Waals surface area contributed by atoms with E-state index in [0.717, 1.165) is 5.75 Å². The second-order valence-corrected chi connectivity index (χ2v) is 7.88. The van der Waals surface area contributed by atoms with Crippen molar-refractivity contribution < 1.29 is 32.2 Å². The third-order valence-electron chi connectivity index (χ3n) is 3.98. The molecule has 0 spiro atoms. The van der Waals surface area contributed by atoms with E-state index in [9.17, 15) is 18.0 Å². The molecule has 0 saturated heterocycles. The highest BCUT2D eigenvalue weighted by Crippen LogP contribution is 2.17. The van der Waals surface area contributed by atoms with Gasteiger partial charge in [0, 0.05) is 12.1 Å². The number of carbonyl (C=O) groups excluding carboxylic acids is 2. The Morgan fingerprint density at radius 2 is 1.63 bits per heavy atom. The van der Waals surface area contributed by atoms with Crippen LogP contribution in [0.4, 0.5) is 5.69 Å². The minimum absolute atomic E-state index is 0.0724. The van der Waals surface area contributed by atoms with Crippen LogP contribution in [0.1, 0.15) is 19.8 Å². The molecular formula is C20H24N2O7S. The van der Waals surface area contributed by atoms with Crippen molar-refractivity contribution in [2.24, 2.45) is 5.14 Å². The number of benzene rings is 2. The lowest BCUT2D eigenvalue weighted by atomic mass is 10.3. The third-order valence-corrected chi connectivity index (χ3v) is 4.91. The number of primary sulfonamides is 1. The lowest BCUT2D eigenvalue weighted by molar-refractivity contribution is -0.153. The van der Waals surface area contributed by atoms with Crippen LogP contribution in [0.25, 0.3) is 0 Å². The van der Waals surface area contributed by atoms with Gasteiger partial charge in [0.2, 0.25) is 10.0 Å². The number of hydrogen-bond acceptors (Lipinski definition) is 7. The second-order valence-electron chi connectivity index (χ2n) is 6.32. The first-order valence-corrected chi connectivity index (χ1v) is 10.6. The van der Waals surface area contributed by atoms with Gasteiger partial charge in [0.1, 0.15) is 11.5 Å². The second kappa shape index (κ2) is 10.6. The maximum atomic E-state index is 12.1. The van der Waals surface area contributed by atoms with Crippen molar-refractivity contribution in [3.05, 3.63) is 48.5 Å². The van der Waals surface area contributed by atoms with Crippen molar-refractivity contribution in [3.8, 4) is 11.5 Å². The molecule has 1 atom stereocenters. The number of sulfonamides is 1. The summed E-state index contributed by atoms with van der Waals surface area (Å²) in [5, 5.41) is 7.56. The minimum atomic E-state index is -3.81. The number of carbonyl (C=O) groups is 2. The predicted molar refractivity (Wildman–Crippen MR) is 110 cm³/mol. The van der Waals surface area contributed by atoms with Gasteiger partial charge in [0.15, 0.2) is 6.10 Å².